The van der Waals surface area contributed by atoms with Gasteiger partial charge in [-0.3, -0.25) is 0 Å². The number of hydrogen-bond acceptors (Lipinski definition) is 3. The van der Waals surface area contributed by atoms with Crippen LogP contribution in [0.5, 0.6) is 5.75 Å². The molecule has 0 saturated carbocycles. The van der Waals surface area contributed by atoms with E-state index in [0.717, 1.165) is 43.4 Å². The first-order valence-electron chi connectivity index (χ1n) is 9.27. The SMILES string of the molecule is COCC(CO)CCCCCc1ccc(OCc2ccc(F)cc2)cc1. The third kappa shape index (κ3) is 7.54. The number of ether oxygens (including phenoxy) is 2. The first-order chi connectivity index (χ1) is 12.7. The van der Waals surface area contributed by atoms with Crippen molar-refractivity contribution >= 4 is 0 Å². The molecule has 0 heterocycles. The van der Waals surface area contributed by atoms with E-state index in [9.17, 15) is 9.50 Å². The van der Waals surface area contributed by atoms with Crippen molar-refractivity contribution < 1.29 is 19.0 Å². The van der Waals surface area contributed by atoms with Crippen molar-refractivity contribution in [1.82, 2.24) is 0 Å². The Morgan fingerprint density at radius 3 is 2.27 bits per heavy atom. The van der Waals surface area contributed by atoms with E-state index in [1.807, 2.05) is 12.1 Å². The summed E-state index contributed by atoms with van der Waals surface area (Å²) in [5.41, 5.74) is 2.25. The summed E-state index contributed by atoms with van der Waals surface area (Å²) in [7, 11) is 1.68. The van der Waals surface area contributed by atoms with Gasteiger partial charge in [0.05, 0.1) is 6.61 Å². The van der Waals surface area contributed by atoms with Crippen LogP contribution in [0.1, 0.15) is 36.8 Å². The fourth-order valence-electron chi connectivity index (χ4n) is 2.90. The zero-order valence-corrected chi connectivity index (χ0v) is 15.5. The molecule has 0 aliphatic heterocycles. The maximum atomic E-state index is 12.9. The van der Waals surface area contributed by atoms with E-state index in [0.29, 0.717) is 13.2 Å². The number of methoxy groups -OCH3 is 1. The third-order valence-corrected chi connectivity index (χ3v) is 4.48. The summed E-state index contributed by atoms with van der Waals surface area (Å²) in [6.07, 6.45) is 5.48. The fraction of sp³-hybridized carbons (Fsp3) is 0.455. The van der Waals surface area contributed by atoms with E-state index in [4.69, 9.17) is 9.47 Å². The molecular formula is C22H29FO3. The monoisotopic (exact) mass is 360 g/mol. The zero-order valence-electron chi connectivity index (χ0n) is 15.5. The van der Waals surface area contributed by atoms with Crippen molar-refractivity contribution in [2.24, 2.45) is 5.92 Å². The molecule has 0 radical (unpaired) electrons. The van der Waals surface area contributed by atoms with Gasteiger partial charge in [0, 0.05) is 19.6 Å². The van der Waals surface area contributed by atoms with Gasteiger partial charge in [-0.25, -0.2) is 4.39 Å². The Bertz CT molecular complexity index is 610. The molecule has 0 amide bonds. The third-order valence-electron chi connectivity index (χ3n) is 4.48. The lowest BCUT2D eigenvalue weighted by Gasteiger charge is -2.12. The minimum absolute atomic E-state index is 0.202. The highest BCUT2D eigenvalue weighted by atomic mass is 19.1. The molecule has 0 bridgehead atoms. The van der Waals surface area contributed by atoms with Crippen LogP contribution in [-0.4, -0.2) is 25.4 Å². The van der Waals surface area contributed by atoms with Gasteiger partial charge in [0.15, 0.2) is 0 Å². The molecule has 0 aliphatic carbocycles. The molecule has 2 aromatic rings. The molecule has 1 unspecified atom stereocenters. The standard InChI is InChI=1S/C22H29FO3/c1-25-16-20(15-24)6-4-2-3-5-18-9-13-22(14-10-18)26-17-19-7-11-21(23)12-8-19/h7-14,20,24H,2-6,15-17H2,1H3. The van der Waals surface area contributed by atoms with Crippen LogP contribution in [0.15, 0.2) is 48.5 Å². The van der Waals surface area contributed by atoms with Gasteiger partial charge in [0.2, 0.25) is 0 Å². The second kappa shape index (κ2) is 11.7. The van der Waals surface area contributed by atoms with E-state index in [-0.39, 0.29) is 18.3 Å². The average Bonchev–Trinajstić information content (AvgIpc) is 2.67. The van der Waals surface area contributed by atoms with Crippen LogP contribution in [-0.2, 0) is 17.8 Å². The van der Waals surface area contributed by atoms with Gasteiger partial charge in [0.25, 0.3) is 0 Å². The number of unbranched alkanes of at least 4 members (excludes halogenated alkanes) is 2. The Morgan fingerprint density at radius 2 is 1.62 bits per heavy atom. The average molecular weight is 360 g/mol. The lowest BCUT2D eigenvalue weighted by molar-refractivity contribution is 0.103. The Balaban J connectivity index is 1.65. The molecule has 2 aromatic carbocycles. The molecule has 2 rings (SSSR count). The van der Waals surface area contributed by atoms with E-state index >= 15 is 0 Å². The van der Waals surface area contributed by atoms with Crippen molar-refractivity contribution in [3.05, 3.63) is 65.5 Å². The van der Waals surface area contributed by atoms with Gasteiger partial charge in [-0.05, 0) is 54.7 Å². The molecule has 1 N–H and O–H groups in total. The fourth-order valence-corrected chi connectivity index (χ4v) is 2.90. The molecule has 26 heavy (non-hydrogen) atoms. The van der Waals surface area contributed by atoms with Gasteiger partial charge in [-0.15, -0.1) is 0 Å². The Hall–Kier alpha value is -1.91. The maximum absolute atomic E-state index is 12.9. The molecule has 3 nitrogen and oxygen atoms in total. The summed E-state index contributed by atoms with van der Waals surface area (Å²) in [6, 6.07) is 14.5. The molecular weight excluding hydrogens is 331 g/mol. The van der Waals surface area contributed by atoms with E-state index in [1.165, 1.54) is 17.7 Å². The van der Waals surface area contributed by atoms with Gasteiger partial charge in [-0.2, -0.15) is 0 Å². The predicted octanol–water partition coefficient (Wildman–Crippen LogP) is 4.76. The van der Waals surface area contributed by atoms with E-state index in [1.54, 1.807) is 19.2 Å². The van der Waals surface area contributed by atoms with Crippen LogP contribution >= 0.6 is 0 Å². The summed E-state index contributed by atoms with van der Waals surface area (Å²) >= 11 is 0. The molecule has 0 aliphatic rings. The number of hydrogen-bond donors (Lipinski definition) is 1. The summed E-state index contributed by atoms with van der Waals surface area (Å²) in [4.78, 5) is 0. The van der Waals surface area contributed by atoms with E-state index < -0.39 is 0 Å². The van der Waals surface area contributed by atoms with Gasteiger partial charge < -0.3 is 14.6 Å². The molecule has 0 aromatic heterocycles. The largest absolute Gasteiger partial charge is 0.489 e. The Labute approximate surface area is 155 Å². The molecule has 0 spiro atoms. The lowest BCUT2D eigenvalue weighted by atomic mass is 10.0. The maximum Gasteiger partial charge on any atom is 0.123 e. The van der Waals surface area contributed by atoms with Gasteiger partial charge in [0.1, 0.15) is 18.2 Å². The molecule has 0 fully saturated rings. The number of halogens is 1. The zero-order chi connectivity index (χ0) is 18.6. The number of benzene rings is 2. The quantitative estimate of drug-likeness (QED) is 0.555. The second-order valence-corrected chi connectivity index (χ2v) is 6.66. The van der Waals surface area contributed by atoms with Crippen molar-refractivity contribution in [2.75, 3.05) is 20.3 Å². The van der Waals surface area contributed by atoms with Crippen LogP contribution in [0.2, 0.25) is 0 Å². The van der Waals surface area contributed by atoms with Crippen molar-refractivity contribution in [2.45, 2.75) is 38.7 Å². The minimum atomic E-state index is -0.233. The van der Waals surface area contributed by atoms with Crippen LogP contribution in [0.25, 0.3) is 0 Å². The van der Waals surface area contributed by atoms with Crippen LogP contribution < -0.4 is 4.74 Å². The lowest BCUT2D eigenvalue weighted by Crippen LogP contribution is -2.12. The Kier molecular flexibility index (Phi) is 9.15. The van der Waals surface area contributed by atoms with Crippen molar-refractivity contribution in [3.63, 3.8) is 0 Å². The summed E-state index contributed by atoms with van der Waals surface area (Å²) < 4.78 is 23.7. The molecule has 142 valence electrons. The highest BCUT2D eigenvalue weighted by molar-refractivity contribution is 5.28. The molecule has 4 heteroatoms. The first kappa shape index (κ1) is 20.4. The summed E-state index contributed by atoms with van der Waals surface area (Å²) in [5, 5.41) is 9.24. The molecule has 0 saturated heterocycles. The van der Waals surface area contributed by atoms with Crippen LogP contribution in [0.3, 0.4) is 0 Å². The number of aryl methyl sites for hydroxylation is 1. The number of aliphatic hydroxyl groups is 1. The smallest absolute Gasteiger partial charge is 0.123 e. The van der Waals surface area contributed by atoms with Crippen LogP contribution in [0, 0.1) is 11.7 Å². The van der Waals surface area contributed by atoms with Crippen molar-refractivity contribution in [1.29, 1.82) is 0 Å². The normalized spacial score (nSPS) is 12.1. The summed E-state index contributed by atoms with van der Waals surface area (Å²) in [5.74, 6) is 0.852. The number of rotatable bonds is 12. The van der Waals surface area contributed by atoms with Crippen molar-refractivity contribution in [3.8, 4) is 5.75 Å². The Morgan fingerprint density at radius 1 is 0.923 bits per heavy atom. The first-order valence-corrected chi connectivity index (χ1v) is 9.27. The van der Waals surface area contributed by atoms with Crippen LogP contribution in [0.4, 0.5) is 4.39 Å². The van der Waals surface area contributed by atoms with Gasteiger partial charge >= 0.3 is 0 Å². The van der Waals surface area contributed by atoms with Gasteiger partial charge in [-0.1, -0.05) is 37.1 Å². The number of aliphatic hydroxyl groups excluding tert-OH is 1. The second-order valence-electron chi connectivity index (χ2n) is 6.66. The topological polar surface area (TPSA) is 38.7 Å². The van der Waals surface area contributed by atoms with E-state index in [2.05, 4.69) is 12.1 Å². The highest BCUT2D eigenvalue weighted by Crippen LogP contribution is 2.17. The molecule has 1 atom stereocenters. The predicted molar refractivity (Wildman–Crippen MR) is 102 cm³/mol. The summed E-state index contributed by atoms with van der Waals surface area (Å²) in [6.45, 7) is 1.27. The highest BCUT2D eigenvalue weighted by Gasteiger charge is 2.06. The minimum Gasteiger partial charge on any atom is -0.489 e.